The number of halogens is 1. The minimum absolute atomic E-state index is 0.116. The van der Waals surface area contributed by atoms with Crippen molar-refractivity contribution in [3.05, 3.63) is 94.0 Å². The highest BCUT2D eigenvalue weighted by molar-refractivity contribution is 9.10. The summed E-state index contributed by atoms with van der Waals surface area (Å²) in [6.07, 6.45) is 1.37. The number of nitrogens with zero attached hydrogens (tertiary/aromatic N) is 1. The van der Waals surface area contributed by atoms with E-state index in [1.807, 2.05) is 66.7 Å². The number of aryl methyl sites for hydroxylation is 1. The van der Waals surface area contributed by atoms with Gasteiger partial charge in [0.05, 0.1) is 18.8 Å². The van der Waals surface area contributed by atoms with Crippen molar-refractivity contribution in [3.8, 4) is 5.75 Å². The zero-order valence-electron chi connectivity index (χ0n) is 16.2. The molecule has 0 N–H and O–H groups in total. The van der Waals surface area contributed by atoms with E-state index in [-0.39, 0.29) is 18.7 Å². The van der Waals surface area contributed by atoms with Crippen LogP contribution in [0.25, 0.3) is 0 Å². The summed E-state index contributed by atoms with van der Waals surface area (Å²) in [5.74, 6) is 0.778. The quantitative estimate of drug-likeness (QED) is 0.467. The first-order valence-corrected chi connectivity index (χ1v) is 10.4. The Morgan fingerprint density at radius 3 is 2.69 bits per heavy atom. The molecule has 0 saturated carbocycles. The summed E-state index contributed by atoms with van der Waals surface area (Å²) >= 11 is 3.54. The maximum absolute atomic E-state index is 13.2. The van der Waals surface area contributed by atoms with Crippen molar-refractivity contribution >= 4 is 27.7 Å². The van der Waals surface area contributed by atoms with Crippen LogP contribution in [0.3, 0.4) is 0 Å². The molecule has 1 aliphatic rings. The predicted octanol–water partition coefficient (Wildman–Crippen LogP) is 6.29. The molecule has 1 heterocycles. The van der Waals surface area contributed by atoms with Crippen molar-refractivity contribution in [2.24, 2.45) is 0 Å². The number of hydrogen-bond donors (Lipinski definition) is 0. The molecular formula is C24H22BrNO3. The third-order valence-corrected chi connectivity index (χ3v) is 5.68. The fourth-order valence-corrected chi connectivity index (χ4v) is 4.09. The van der Waals surface area contributed by atoms with Gasteiger partial charge in [-0.25, -0.2) is 4.79 Å². The minimum Gasteiger partial charge on any atom is -0.497 e. The Hall–Kier alpha value is -2.79. The highest BCUT2D eigenvalue weighted by Crippen LogP contribution is 2.41. The van der Waals surface area contributed by atoms with Gasteiger partial charge in [0.2, 0.25) is 0 Å². The van der Waals surface area contributed by atoms with Crippen molar-refractivity contribution < 1.29 is 14.3 Å². The molecule has 0 bridgehead atoms. The molecule has 0 aliphatic carbocycles. The molecule has 0 saturated heterocycles. The number of carbonyl (C=O) groups excluding carboxylic acids is 1. The van der Waals surface area contributed by atoms with E-state index in [9.17, 15) is 4.79 Å². The van der Waals surface area contributed by atoms with Gasteiger partial charge >= 0.3 is 6.09 Å². The summed E-state index contributed by atoms with van der Waals surface area (Å²) in [6.45, 7) is 0.240. The van der Waals surface area contributed by atoms with Crippen molar-refractivity contribution in [2.75, 3.05) is 12.0 Å². The molecule has 4 nitrogen and oxygen atoms in total. The molecule has 0 spiro atoms. The van der Waals surface area contributed by atoms with Gasteiger partial charge in [0.15, 0.2) is 0 Å². The number of rotatable bonds is 4. The molecule has 0 aromatic heterocycles. The lowest BCUT2D eigenvalue weighted by molar-refractivity contribution is 0.143. The fourth-order valence-electron chi connectivity index (χ4n) is 3.74. The zero-order chi connectivity index (χ0) is 20.2. The van der Waals surface area contributed by atoms with E-state index in [0.29, 0.717) is 0 Å². The maximum atomic E-state index is 13.2. The van der Waals surface area contributed by atoms with E-state index in [0.717, 1.165) is 45.4 Å². The van der Waals surface area contributed by atoms with Crippen LogP contribution in [0, 0.1) is 0 Å². The summed E-state index contributed by atoms with van der Waals surface area (Å²) in [5, 5.41) is 0. The number of hydrogen-bond acceptors (Lipinski definition) is 3. The number of carbonyl (C=O) groups is 1. The molecule has 1 atom stereocenters. The van der Waals surface area contributed by atoms with Crippen LogP contribution in [0.1, 0.15) is 29.2 Å². The molecule has 4 rings (SSSR count). The van der Waals surface area contributed by atoms with Crippen molar-refractivity contribution in [2.45, 2.75) is 25.5 Å². The first-order chi connectivity index (χ1) is 14.2. The Kier molecular flexibility index (Phi) is 5.86. The number of methoxy groups -OCH3 is 1. The smallest absolute Gasteiger partial charge is 0.415 e. The number of fused-ring (bicyclic) bond motifs is 1. The zero-order valence-corrected chi connectivity index (χ0v) is 17.8. The Balaban J connectivity index is 1.67. The van der Waals surface area contributed by atoms with Gasteiger partial charge in [-0.05, 0) is 53.8 Å². The largest absolute Gasteiger partial charge is 0.497 e. The second-order valence-corrected chi connectivity index (χ2v) is 7.93. The lowest BCUT2D eigenvalue weighted by Gasteiger charge is -2.37. The van der Waals surface area contributed by atoms with Gasteiger partial charge in [-0.15, -0.1) is 0 Å². The summed E-state index contributed by atoms with van der Waals surface area (Å²) in [5.41, 5.74) is 4.03. The third-order valence-electron chi connectivity index (χ3n) is 5.19. The summed E-state index contributed by atoms with van der Waals surface area (Å²) in [6, 6.07) is 23.6. The second kappa shape index (κ2) is 8.70. The van der Waals surface area contributed by atoms with Crippen LogP contribution in [0.15, 0.2) is 77.3 Å². The number of benzene rings is 3. The summed E-state index contributed by atoms with van der Waals surface area (Å²) in [7, 11) is 1.65. The molecule has 3 aromatic rings. The van der Waals surface area contributed by atoms with Gasteiger partial charge < -0.3 is 9.47 Å². The highest BCUT2D eigenvalue weighted by Gasteiger charge is 2.33. The van der Waals surface area contributed by atoms with E-state index in [1.54, 1.807) is 12.0 Å². The second-order valence-electron chi connectivity index (χ2n) is 7.01. The van der Waals surface area contributed by atoms with Crippen LogP contribution in [-0.4, -0.2) is 13.2 Å². The Labute approximate surface area is 179 Å². The fraction of sp³-hybridized carbons (Fsp3) is 0.208. The molecule has 0 radical (unpaired) electrons. The lowest BCUT2D eigenvalue weighted by atomic mass is 9.91. The molecule has 1 unspecified atom stereocenters. The molecule has 148 valence electrons. The summed E-state index contributed by atoms with van der Waals surface area (Å²) in [4.78, 5) is 15.0. The van der Waals surface area contributed by atoms with Crippen molar-refractivity contribution in [1.82, 2.24) is 0 Å². The van der Waals surface area contributed by atoms with Crippen LogP contribution >= 0.6 is 15.9 Å². The topological polar surface area (TPSA) is 38.8 Å². The number of amides is 1. The normalized spacial score (nSPS) is 15.5. The average molecular weight is 452 g/mol. The average Bonchev–Trinajstić information content (AvgIpc) is 2.77. The van der Waals surface area contributed by atoms with Crippen LogP contribution in [0.4, 0.5) is 10.5 Å². The summed E-state index contributed by atoms with van der Waals surface area (Å²) < 4.78 is 12.0. The van der Waals surface area contributed by atoms with E-state index in [2.05, 4.69) is 22.0 Å². The maximum Gasteiger partial charge on any atom is 0.415 e. The molecule has 3 aromatic carbocycles. The van der Waals surface area contributed by atoms with E-state index < -0.39 is 0 Å². The Bertz CT molecular complexity index is 1010. The Morgan fingerprint density at radius 1 is 1.07 bits per heavy atom. The molecule has 0 fully saturated rings. The first kappa shape index (κ1) is 19.5. The van der Waals surface area contributed by atoms with Gasteiger partial charge in [0.25, 0.3) is 0 Å². The van der Waals surface area contributed by atoms with Crippen molar-refractivity contribution in [3.63, 3.8) is 0 Å². The van der Waals surface area contributed by atoms with Gasteiger partial charge in [0, 0.05) is 4.47 Å². The van der Waals surface area contributed by atoms with Crippen molar-refractivity contribution in [1.29, 1.82) is 0 Å². The van der Waals surface area contributed by atoms with E-state index in [4.69, 9.17) is 9.47 Å². The van der Waals surface area contributed by atoms with Crippen LogP contribution in [-0.2, 0) is 17.8 Å². The van der Waals surface area contributed by atoms with E-state index >= 15 is 0 Å². The SMILES string of the molecule is COc1cccc(C2CCc3ccc(Br)cc3N2C(=O)OCc2ccccc2)c1. The molecule has 29 heavy (non-hydrogen) atoms. The highest BCUT2D eigenvalue weighted by atomic mass is 79.9. The van der Waals surface area contributed by atoms with Gasteiger partial charge in [-0.1, -0.05) is 64.5 Å². The van der Waals surface area contributed by atoms with Gasteiger partial charge in [-0.3, -0.25) is 4.90 Å². The van der Waals surface area contributed by atoms with Gasteiger partial charge in [-0.2, -0.15) is 0 Å². The minimum atomic E-state index is -0.347. The lowest BCUT2D eigenvalue weighted by Crippen LogP contribution is -2.38. The van der Waals surface area contributed by atoms with E-state index in [1.165, 1.54) is 0 Å². The molecule has 1 aliphatic heterocycles. The van der Waals surface area contributed by atoms with Crippen LogP contribution < -0.4 is 9.64 Å². The Morgan fingerprint density at radius 2 is 1.90 bits per heavy atom. The predicted molar refractivity (Wildman–Crippen MR) is 117 cm³/mol. The van der Waals surface area contributed by atoms with Crippen LogP contribution in [0.5, 0.6) is 5.75 Å². The molecule has 5 heteroatoms. The molecular weight excluding hydrogens is 430 g/mol. The first-order valence-electron chi connectivity index (χ1n) is 9.58. The number of ether oxygens (including phenoxy) is 2. The molecule has 1 amide bonds. The third kappa shape index (κ3) is 4.30. The standard InChI is InChI=1S/C24H22BrNO3/c1-28-21-9-5-8-19(14-21)22-13-11-18-10-12-20(25)15-23(18)26(22)24(27)29-16-17-6-3-2-4-7-17/h2-10,12,14-15,22H,11,13,16H2,1H3. The number of anilines is 1. The monoisotopic (exact) mass is 451 g/mol. The van der Waals surface area contributed by atoms with Gasteiger partial charge in [0.1, 0.15) is 12.4 Å². The van der Waals surface area contributed by atoms with Crippen LogP contribution in [0.2, 0.25) is 0 Å².